The number of aliphatic hydroxyl groups is 1. The Morgan fingerprint density at radius 1 is 1.41 bits per heavy atom. The number of hydrogen-bond acceptors (Lipinski definition) is 3. The molecule has 0 aliphatic heterocycles. The first-order chi connectivity index (χ1) is 8.05. The molecule has 5 heteroatoms. The van der Waals surface area contributed by atoms with Crippen LogP contribution in [0, 0.1) is 5.41 Å². The number of nitrogens with zero attached hydrogens (tertiary/aromatic N) is 1. The molecule has 1 saturated carbocycles. The maximum absolute atomic E-state index is 12.7. The molecule has 3 N–H and O–H groups in total. The molecule has 1 aromatic heterocycles. The van der Waals surface area contributed by atoms with Crippen molar-refractivity contribution < 1.29 is 13.9 Å². The molecular formula is C12H16F2N2O. The SMILES string of the molecule is NC(c1cccnc1)C1(O)CC(CF)(CF)C1. The molecule has 3 nitrogen and oxygen atoms in total. The lowest BCUT2D eigenvalue weighted by atomic mass is 9.57. The summed E-state index contributed by atoms with van der Waals surface area (Å²) in [5.41, 5.74) is 4.36. The Kier molecular flexibility index (Phi) is 3.14. The maximum Gasteiger partial charge on any atom is 0.0977 e. The third-order valence-electron chi connectivity index (χ3n) is 3.55. The van der Waals surface area contributed by atoms with Crippen molar-refractivity contribution in [3.63, 3.8) is 0 Å². The fourth-order valence-electron chi connectivity index (χ4n) is 2.56. The van der Waals surface area contributed by atoms with Gasteiger partial charge in [-0.25, -0.2) is 0 Å². The second-order valence-corrected chi connectivity index (χ2v) is 4.99. The van der Waals surface area contributed by atoms with Crippen molar-refractivity contribution in [3.05, 3.63) is 30.1 Å². The Bertz CT molecular complexity index is 373. The molecule has 1 unspecified atom stereocenters. The quantitative estimate of drug-likeness (QED) is 0.841. The van der Waals surface area contributed by atoms with Crippen LogP contribution in [0.1, 0.15) is 24.4 Å². The zero-order chi connectivity index (χ0) is 12.5. The van der Waals surface area contributed by atoms with E-state index in [0.717, 1.165) is 0 Å². The first-order valence-electron chi connectivity index (χ1n) is 5.55. The second-order valence-electron chi connectivity index (χ2n) is 4.99. The van der Waals surface area contributed by atoms with Gasteiger partial charge in [0.25, 0.3) is 0 Å². The topological polar surface area (TPSA) is 59.1 Å². The van der Waals surface area contributed by atoms with Gasteiger partial charge in [-0.2, -0.15) is 0 Å². The van der Waals surface area contributed by atoms with E-state index in [2.05, 4.69) is 4.98 Å². The highest BCUT2D eigenvalue weighted by atomic mass is 19.1. The summed E-state index contributed by atoms with van der Waals surface area (Å²) in [5, 5.41) is 10.2. The minimum Gasteiger partial charge on any atom is -0.388 e. The van der Waals surface area contributed by atoms with Gasteiger partial charge in [0.1, 0.15) is 0 Å². The minimum absolute atomic E-state index is 0.0586. The van der Waals surface area contributed by atoms with E-state index in [9.17, 15) is 13.9 Å². The molecule has 1 aromatic rings. The Morgan fingerprint density at radius 2 is 2.06 bits per heavy atom. The molecule has 1 fully saturated rings. The Hall–Kier alpha value is -1.07. The predicted molar refractivity (Wildman–Crippen MR) is 59.7 cm³/mol. The van der Waals surface area contributed by atoms with Crippen LogP contribution in [0.5, 0.6) is 0 Å². The molecule has 17 heavy (non-hydrogen) atoms. The van der Waals surface area contributed by atoms with E-state index in [1.807, 2.05) is 0 Å². The van der Waals surface area contributed by atoms with Gasteiger partial charge < -0.3 is 10.8 Å². The molecule has 2 rings (SSSR count). The molecule has 0 spiro atoms. The van der Waals surface area contributed by atoms with Crippen LogP contribution in [0.2, 0.25) is 0 Å². The summed E-state index contributed by atoms with van der Waals surface area (Å²) in [6.45, 7) is -1.52. The molecule has 0 saturated heterocycles. The van der Waals surface area contributed by atoms with Crippen molar-refractivity contribution in [2.24, 2.45) is 11.1 Å². The lowest BCUT2D eigenvalue weighted by Gasteiger charge is -2.53. The summed E-state index contributed by atoms with van der Waals surface area (Å²) < 4.78 is 25.4. The summed E-state index contributed by atoms with van der Waals surface area (Å²) in [4.78, 5) is 3.92. The Labute approximate surface area is 98.7 Å². The van der Waals surface area contributed by atoms with Crippen LogP contribution in [-0.2, 0) is 0 Å². The molecular weight excluding hydrogens is 226 g/mol. The Balaban J connectivity index is 2.10. The number of aromatic nitrogens is 1. The van der Waals surface area contributed by atoms with Crippen LogP contribution >= 0.6 is 0 Å². The van der Waals surface area contributed by atoms with E-state index < -0.39 is 30.4 Å². The summed E-state index contributed by atoms with van der Waals surface area (Å²) >= 11 is 0. The maximum atomic E-state index is 12.7. The van der Waals surface area contributed by atoms with E-state index in [4.69, 9.17) is 5.73 Å². The molecule has 0 amide bonds. The van der Waals surface area contributed by atoms with Gasteiger partial charge in [0.2, 0.25) is 0 Å². The summed E-state index contributed by atoms with van der Waals surface area (Å²) in [6, 6.07) is 2.82. The number of nitrogens with two attached hydrogens (primary N) is 1. The zero-order valence-corrected chi connectivity index (χ0v) is 9.44. The smallest absolute Gasteiger partial charge is 0.0977 e. The number of pyridine rings is 1. The largest absolute Gasteiger partial charge is 0.388 e. The highest BCUT2D eigenvalue weighted by molar-refractivity contribution is 5.22. The summed E-state index contributed by atoms with van der Waals surface area (Å²) in [5.74, 6) is 0. The van der Waals surface area contributed by atoms with Gasteiger partial charge in [-0.15, -0.1) is 0 Å². The fraction of sp³-hybridized carbons (Fsp3) is 0.583. The number of alkyl halides is 2. The van der Waals surface area contributed by atoms with Gasteiger partial charge in [0, 0.05) is 17.8 Å². The van der Waals surface area contributed by atoms with Gasteiger partial charge in [-0.3, -0.25) is 13.8 Å². The minimum atomic E-state index is -1.22. The fourth-order valence-corrected chi connectivity index (χ4v) is 2.56. The van der Waals surface area contributed by atoms with E-state index >= 15 is 0 Å². The third-order valence-corrected chi connectivity index (χ3v) is 3.55. The van der Waals surface area contributed by atoms with Crippen molar-refractivity contribution in [3.8, 4) is 0 Å². The second kappa shape index (κ2) is 4.31. The normalized spacial score (nSPS) is 22.8. The van der Waals surface area contributed by atoms with Crippen molar-refractivity contribution in [2.45, 2.75) is 24.5 Å². The molecule has 0 aromatic carbocycles. The van der Waals surface area contributed by atoms with Crippen molar-refractivity contribution in [2.75, 3.05) is 13.3 Å². The van der Waals surface area contributed by atoms with Crippen LogP contribution in [0.3, 0.4) is 0 Å². The molecule has 94 valence electrons. The number of hydrogen-bond donors (Lipinski definition) is 2. The number of rotatable bonds is 4. The predicted octanol–water partition coefficient (Wildman–Crippen LogP) is 1.53. The molecule has 1 heterocycles. The van der Waals surface area contributed by atoms with E-state index in [0.29, 0.717) is 5.56 Å². The average molecular weight is 242 g/mol. The van der Waals surface area contributed by atoms with Crippen LogP contribution in [0.15, 0.2) is 24.5 Å². The van der Waals surface area contributed by atoms with E-state index in [1.54, 1.807) is 24.5 Å². The average Bonchev–Trinajstić information content (AvgIpc) is 2.35. The first kappa shape index (κ1) is 12.4. The lowest BCUT2D eigenvalue weighted by Crippen LogP contribution is -2.59. The van der Waals surface area contributed by atoms with Gasteiger partial charge in [0.05, 0.1) is 25.0 Å². The molecule has 0 bridgehead atoms. The summed E-state index contributed by atoms with van der Waals surface area (Å²) in [6.07, 6.45) is 3.29. The van der Waals surface area contributed by atoms with Crippen LogP contribution in [0.4, 0.5) is 8.78 Å². The monoisotopic (exact) mass is 242 g/mol. The van der Waals surface area contributed by atoms with Crippen LogP contribution in [0.25, 0.3) is 0 Å². The molecule has 1 aliphatic carbocycles. The van der Waals surface area contributed by atoms with Crippen molar-refractivity contribution >= 4 is 0 Å². The van der Waals surface area contributed by atoms with Gasteiger partial charge in [0.15, 0.2) is 0 Å². The molecule has 0 radical (unpaired) electrons. The zero-order valence-electron chi connectivity index (χ0n) is 9.44. The van der Waals surface area contributed by atoms with Gasteiger partial charge in [-0.05, 0) is 24.5 Å². The third kappa shape index (κ3) is 2.05. The Morgan fingerprint density at radius 3 is 2.53 bits per heavy atom. The van der Waals surface area contributed by atoms with E-state index in [1.165, 1.54) is 0 Å². The van der Waals surface area contributed by atoms with Crippen LogP contribution in [-0.4, -0.2) is 29.0 Å². The van der Waals surface area contributed by atoms with Crippen molar-refractivity contribution in [1.82, 2.24) is 4.98 Å². The highest BCUT2D eigenvalue weighted by Crippen LogP contribution is 2.53. The van der Waals surface area contributed by atoms with Gasteiger partial charge >= 0.3 is 0 Å². The molecule has 1 aliphatic rings. The van der Waals surface area contributed by atoms with Crippen molar-refractivity contribution in [1.29, 1.82) is 0 Å². The van der Waals surface area contributed by atoms with Gasteiger partial charge in [-0.1, -0.05) is 6.07 Å². The van der Waals surface area contributed by atoms with Crippen LogP contribution < -0.4 is 5.73 Å². The molecule has 1 atom stereocenters. The first-order valence-corrected chi connectivity index (χ1v) is 5.55. The standard InChI is InChI=1S/C12H16F2N2O/c13-7-11(8-14)5-12(17,6-11)10(15)9-2-1-3-16-4-9/h1-4,10,17H,5-8,15H2. The number of halogens is 2. The lowest BCUT2D eigenvalue weighted by molar-refractivity contribution is -0.158. The highest BCUT2D eigenvalue weighted by Gasteiger charge is 2.57. The summed E-state index contributed by atoms with van der Waals surface area (Å²) in [7, 11) is 0. The van der Waals surface area contributed by atoms with E-state index in [-0.39, 0.29) is 12.8 Å².